The lowest BCUT2D eigenvalue weighted by Crippen LogP contribution is -2.34. The summed E-state index contributed by atoms with van der Waals surface area (Å²) in [6.45, 7) is 0.184. The molecule has 1 rings (SSSR count). The number of hydrogen-bond donors (Lipinski definition) is 2. The van der Waals surface area contributed by atoms with Gasteiger partial charge in [-0.05, 0) is 12.1 Å². The first-order valence-corrected chi connectivity index (χ1v) is 5.68. The standard InChI is InChI=1S/C11H13N3O2S/c1-14(7-10(13)15)11(16)9-5-4-8(17-9)3-2-6-12/h4-5H,6-7,12H2,1H3,(H2,13,15). The quantitative estimate of drug-likeness (QED) is 0.717. The summed E-state index contributed by atoms with van der Waals surface area (Å²) < 4.78 is 0. The number of carbonyl (C=O) groups is 2. The van der Waals surface area contributed by atoms with Crippen LogP contribution in [0, 0.1) is 11.8 Å². The third-order valence-corrected chi connectivity index (χ3v) is 2.86. The zero-order chi connectivity index (χ0) is 12.8. The van der Waals surface area contributed by atoms with Gasteiger partial charge in [0.1, 0.15) is 0 Å². The molecule has 0 bridgehead atoms. The SMILES string of the molecule is CN(CC(N)=O)C(=O)c1ccc(C#CCN)s1. The summed E-state index contributed by atoms with van der Waals surface area (Å²) in [5.74, 6) is 4.77. The van der Waals surface area contributed by atoms with Gasteiger partial charge in [-0.2, -0.15) is 0 Å². The van der Waals surface area contributed by atoms with Crippen LogP contribution in [0.15, 0.2) is 12.1 Å². The number of amides is 2. The highest BCUT2D eigenvalue weighted by molar-refractivity contribution is 7.14. The molecule has 90 valence electrons. The lowest BCUT2D eigenvalue weighted by Gasteiger charge is -2.13. The van der Waals surface area contributed by atoms with E-state index in [9.17, 15) is 9.59 Å². The Balaban J connectivity index is 2.76. The Labute approximate surface area is 103 Å². The first kappa shape index (κ1) is 13.2. The molecule has 6 heteroatoms. The first-order chi connectivity index (χ1) is 8.04. The third kappa shape index (κ3) is 3.90. The van der Waals surface area contributed by atoms with E-state index in [1.54, 1.807) is 12.1 Å². The fourth-order valence-corrected chi connectivity index (χ4v) is 2.03. The van der Waals surface area contributed by atoms with Gasteiger partial charge in [-0.25, -0.2) is 0 Å². The van der Waals surface area contributed by atoms with Crippen LogP contribution in [0.1, 0.15) is 14.5 Å². The maximum atomic E-state index is 11.8. The van der Waals surface area contributed by atoms with E-state index in [1.807, 2.05) is 0 Å². The Bertz CT molecular complexity index is 484. The second-order valence-corrected chi connectivity index (χ2v) is 4.38. The number of primary amides is 1. The smallest absolute Gasteiger partial charge is 0.264 e. The predicted octanol–water partition coefficient (Wildman–Crippen LogP) is -0.384. The molecule has 5 nitrogen and oxygen atoms in total. The van der Waals surface area contributed by atoms with Gasteiger partial charge in [-0.3, -0.25) is 9.59 Å². The summed E-state index contributed by atoms with van der Waals surface area (Å²) in [6.07, 6.45) is 0. The molecule has 0 aliphatic rings. The lowest BCUT2D eigenvalue weighted by atomic mass is 10.4. The lowest BCUT2D eigenvalue weighted by molar-refractivity contribution is -0.118. The molecule has 1 aromatic rings. The minimum Gasteiger partial charge on any atom is -0.368 e. The number of thiophene rings is 1. The van der Waals surface area contributed by atoms with E-state index >= 15 is 0 Å². The fraction of sp³-hybridized carbons (Fsp3) is 0.273. The average molecular weight is 251 g/mol. The molecule has 0 aromatic carbocycles. The van der Waals surface area contributed by atoms with Crippen LogP contribution in [0.3, 0.4) is 0 Å². The van der Waals surface area contributed by atoms with Crippen molar-refractivity contribution in [2.75, 3.05) is 20.1 Å². The number of likely N-dealkylation sites (N-methyl/N-ethyl adjacent to an activating group) is 1. The van der Waals surface area contributed by atoms with E-state index in [2.05, 4.69) is 11.8 Å². The molecular weight excluding hydrogens is 238 g/mol. The van der Waals surface area contributed by atoms with E-state index in [0.717, 1.165) is 4.88 Å². The molecule has 2 amide bonds. The van der Waals surface area contributed by atoms with Crippen molar-refractivity contribution in [3.8, 4) is 11.8 Å². The third-order valence-electron chi connectivity index (χ3n) is 1.87. The summed E-state index contributed by atoms with van der Waals surface area (Å²) in [4.78, 5) is 25.1. The molecule has 4 N–H and O–H groups in total. The maximum absolute atomic E-state index is 11.8. The largest absolute Gasteiger partial charge is 0.368 e. The highest BCUT2D eigenvalue weighted by atomic mass is 32.1. The van der Waals surface area contributed by atoms with Crippen LogP contribution in [0.4, 0.5) is 0 Å². The van der Waals surface area contributed by atoms with Crippen molar-refractivity contribution in [1.82, 2.24) is 4.90 Å². The van der Waals surface area contributed by atoms with Gasteiger partial charge >= 0.3 is 0 Å². The summed E-state index contributed by atoms with van der Waals surface area (Å²) in [5, 5.41) is 0. The molecule has 0 unspecified atom stereocenters. The van der Waals surface area contributed by atoms with Crippen molar-refractivity contribution in [3.05, 3.63) is 21.9 Å². The van der Waals surface area contributed by atoms with Gasteiger partial charge in [0.25, 0.3) is 5.91 Å². The molecule has 0 aliphatic carbocycles. The molecule has 1 heterocycles. The van der Waals surface area contributed by atoms with Crippen LogP contribution in [0.5, 0.6) is 0 Å². The predicted molar refractivity (Wildman–Crippen MR) is 66.4 cm³/mol. The van der Waals surface area contributed by atoms with Gasteiger partial charge < -0.3 is 16.4 Å². The zero-order valence-corrected chi connectivity index (χ0v) is 10.2. The summed E-state index contributed by atoms with van der Waals surface area (Å²) in [6, 6.07) is 3.42. The Morgan fingerprint density at radius 1 is 1.47 bits per heavy atom. The Morgan fingerprint density at radius 2 is 2.18 bits per heavy atom. The van der Waals surface area contributed by atoms with Crippen LogP contribution in [0.25, 0.3) is 0 Å². The highest BCUT2D eigenvalue weighted by Gasteiger charge is 2.15. The van der Waals surface area contributed by atoms with E-state index in [4.69, 9.17) is 11.5 Å². The topological polar surface area (TPSA) is 89.4 Å². The summed E-state index contributed by atoms with van der Waals surface area (Å²) >= 11 is 1.26. The molecule has 0 saturated carbocycles. The molecule has 0 fully saturated rings. The number of carbonyl (C=O) groups excluding carboxylic acids is 2. The first-order valence-electron chi connectivity index (χ1n) is 4.87. The summed E-state index contributed by atoms with van der Waals surface area (Å²) in [5.41, 5.74) is 10.3. The molecule has 0 radical (unpaired) electrons. The van der Waals surface area contributed by atoms with Crippen LogP contribution in [0.2, 0.25) is 0 Å². The van der Waals surface area contributed by atoms with Gasteiger partial charge in [0.2, 0.25) is 5.91 Å². The molecule has 0 spiro atoms. The monoisotopic (exact) mass is 251 g/mol. The van der Waals surface area contributed by atoms with Gasteiger partial charge in [0.05, 0.1) is 22.8 Å². The van der Waals surface area contributed by atoms with Crippen LogP contribution >= 0.6 is 11.3 Å². The van der Waals surface area contributed by atoms with Crippen molar-refractivity contribution in [2.24, 2.45) is 11.5 Å². The van der Waals surface area contributed by atoms with E-state index in [1.165, 1.54) is 23.3 Å². The molecule has 0 aliphatic heterocycles. The van der Waals surface area contributed by atoms with Crippen LogP contribution in [-0.2, 0) is 4.79 Å². The summed E-state index contributed by atoms with van der Waals surface area (Å²) in [7, 11) is 1.53. The van der Waals surface area contributed by atoms with Crippen LogP contribution in [-0.4, -0.2) is 36.9 Å². The van der Waals surface area contributed by atoms with Crippen molar-refractivity contribution in [1.29, 1.82) is 0 Å². The van der Waals surface area contributed by atoms with E-state index in [0.29, 0.717) is 4.88 Å². The van der Waals surface area contributed by atoms with Gasteiger partial charge in [-0.1, -0.05) is 11.8 Å². The maximum Gasteiger partial charge on any atom is 0.264 e. The van der Waals surface area contributed by atoms with Gasteiger partial charge in [-0.15, -0.1) is 11.3 Å². The number of nitrogens with two attached hydrogens (primary N) is 2. The Morgan fingerprint density at radius 3 is 2.76 bits per heavy atom. The average Bonchev–Trinajstić information content (AvgIpc) is 2.72. The molecule has 17 heavy (non-hydrogen) atoms. The van der Waals surface area contributed by atoms with Crippen molar-refractivity contribution in [2.45, 2.75) is 0 Å². The van der Waals surface area contributed by atoms with Crippen molar-refractivity contribution in [3.63, 3.8) is 0 Å². The minimum atomic E-state index is -0.541. The van der Waals surface area contributed by atoms with E-state index in [-0.39, 0.29) is 19.0 Å². The fourth-order valence-electron chi connectivity index (χ4n) is 1.15. The Kier molecular flexibility index (Phi) is 4.69. The molecular formula is C11H13N3O2S. The second kappa shape index (κ2) is 6.03. The van der Waals surface area contributed by atoms with Gasteiger partial charge in [0.15, 0.2) is 0 Å². The second-order valence-electron chi connectivity index (χ2n) is 3.30. The van der Waals surface area contributed by atoms with Crippen molar-refractivity contribution < 1.29 is 9.59 Å². The number of hydrogen-bond acceptors (Lipinski definition) is 4. The van der Waals surface area contributed by atoms with Crippen molar-refractivity contribution >= 4 is 23.2 Å². The molecule has 0 saturated heterocycles. The number of nitrogens with zero attached hydrogens (tertiary/aromatic N) is 1. The normalized spacial score (nSPS) is 9.29. The zero-order valence-electron chi connectivity index (χ0n) is 9.40. The molecule has 1 aromatic heterocycles. The molecule has 0 atom stereocenters. The minimum absolute atomic E-state index is 0.0967. The highest BCUT2D eigenvalue weighted by Crippen LogP contribution is 2.16. The van der Waals surface area contributed by atoms with E-state index < -0.39 is 5.91 Å². The Hall–Kier alpha value is -1.84. The van der Waals surface area contributed by atoms with Gasteiger partial charge in [0, 0.05) is 7.05 Å². The number of rotatable bonds is 3. The van der Waals surface area contributed by atoms with Crippen LogP contribution < -0.4 is 11.5 Å².